The van der Waals surface area contributed by atoms with Crippen LogP contribution in [0.1, 0.15) is 10.5 Å². The third-order valence-corrected chi connectivity index (χ3v) is 3.53. The quantitative estimate of drug-likeness (QED) is 0.852. The molecule has 0 aliphatic rings. The van der Waals surface area contributed by atoms with Crippen LogP contribution in [-0.4, -0.2) is 16.1 Å². The van der Waals surface area contributed by atoms with Gasteiger partial charge in [-0.3, -0.25) is 0 Å². The van der Waals surface area contributed by atoms with Crippen molar-refractivity contribution in [2.75, 3.05) is 5.73 Å². The molecule has 0 fully saturated rings. The highest BCUT2D eigenvalue weighted by Gasteiger charge is 2.22. The van der Waals surface area contributed by atoms with Crippen LogP contribution in [0.25, 0.3) is 11.3 Å². The molecule has 2 rings (SSSR count). The molecular formula is C12H6BrClF2N2O2. The normalized spacial score (nSPS) is 10.6. The Morgan fingerprint density at radius 1 is 1.40 bits per heavy atom. The van der Waals surface area contributed by atoms with E-state index < -0.39 is 34.0 Å². The van der Waals surface area contributed by atoms with Gasteiger partial charge in [-0.1, -0.05) is 17.7 Å². The Morgan fingerprint density at radius 2 is 2.05 bits per heavy atom. The fourth-order valence-corrected chi connectivity index (χ4v) is 1.99. The second-order valence-corrected chi connectivity index (χ2v) is 5.02. The Morgan fingerprint density at radius 3 is 2.60 bits per heavy atom. The van der Waals surface area contributed by atoms with Gasteiger partial charge in [0.15, 0.2) is 11.5 Å². The number of nitrogens with zero attached hydrogens (tertiary/aromatic N) is 1. The number of hydrogen-bond donors (Lipinski definition) is 2. The standard InChI is InChI=1S/C12H6BrClF2N2O2/c13-5-2-1-4(3-6(5)15)10-8(16)9(17)7(14)11(18-10)12(19)20/h1-3H,(H2,17,18)(H,19,20). The highest BCUT2D eigenvalue weighted by atomic mass is 79.9. The van der Waals surface area contributed by atoms with Crippen molar-refractivity contribution >= 4 is 39.2 Å². The summed E-state index contributed by atoms with van der Waals surface area (Å²) in [7, 11) is 0. The van der Waals surface area contributed by atoms with Crippen LogP contribution in [0.5, 0.6) is 0 Å². The Bertz CT molecular complexity index is 725. The Balaban J connectivity index is 2.73. The minimum atomic E-state index is -1.46. The minimum absolute atomic E-state index is 0.0501. The molecule has 0 saturated heterocycles. The molecule has 0 bridgehead atoms. The van der Waals surface area contributed by atoms with E-state index in [0.717, 1.165) is 6.07 Å². The van der Waals surface area contributed by atoms with Crippen LogP contribution in [0.2, 0.25) is 5.02 Å². The summed E-state index contributed by atoms with van der Waals surface area (Å²) in [5.41, 5.74) is 3.95. The summed E-state index contributed by atoms with van der Waals surface area (Å²) in [5, 5.41) is 8.46. The Hall–Kier alpha value is -1.73. The lowest BCUT2D eigenvalue weighted by Gasteiger charge is -2.09. The van der Waals surface area contributed by atoms with E-state index >= 15 is 0 Å². The van der Waals surface area contributed by atoms with Crippen molar-refractivity contribution in [1.29, 1.82) is 0 Å². The average Bonchev–Trinajstić information content (AvgIpc) is 2.39. The molecule has 0 amide bonds. The maximum Gasteiger partial charge on any atom is 0.356 e. The zero-order valence-electron chi connectivity index (χ0n) is 9.62. The number of nitrogen functional groups attached to an aromatic ring is 1. The van der Waals surface area contributed by atoms with Gasteiger partial charge in [0.2, 0.25) is 0 Å². The van der Waals surface area contributed by atoms with Gasteiger partial charge in [-0.25, -0.2) is 18.6 Å². The summed E-state index contributed by atoms with van der Waals surface area (Å²) in [6, 6.07) is 3.73. The highest BCUT2D eigenvalue weighted by molar-refractivity contribution is 9.10. The van der Waals surface area contributed by atoms with Crippen molar-refractivity contribution in [3.05, 3.63) is 45.0 Å². The van der Waals surface area contributed by atoms with Crippen LogP contribution >= 0.6 is 27.5 Å². The topological polar surface area (TPSA) is 76.2 Å². The number of carboxylic acids is 1. The van der Waals surface area contributed by atoms with Gasteiger partial charge < -0.3 is 10.8 Å². The molecule has 3 N–H and O–H groups in total. The van der Waals surface area contributed by atoms with Gasteiger partial charge in [-0.05, 0) is 28.1 Å². The Labute approximate surface area is 125 Å². The third-order valence-electron chi connectivity index (χ3n) is 2.51. The molecule has 0 aliphatic carbocycles. The van der Waals surface area contributed by atoms with Gasteiger partial charge >= 0.3 is 5.97 Å². The van der Waals surface area contributed by atoms with Gasteiger partial charge in [0.25, 0.3) is 0 Å². The second-order valence-electron chi connectivity index (χ2n) is 3.78. The SMILES string of the molecule is Nc1c(F)c(-c2ccc(Br)c(F)c2)nc(C(=O)O)c1Cl. The molecule has 0 unspecified atom stereocenters. The van der Waals surface area contributed by atoms with Crippen LogP contribution in [0.3, 0.4) is 0 Å². The maximum atomic E-state index is 14.0. The van der Waals surface area contributed by atoms with E-state index in [1.165, 1.54) is 12.1 Å². The molecule has 0 saturated carbocycles. The molecule has 4 nitrogen and oxygen atoms in total. The summed E-state index contributed by atoms with van der Waals surface area (Å²) in [6.45, 7) is 0. The van der Waals surface area contributed by atoms with Gasteiger partial charge in [-0.15, -0.1) is 0 Å². The number of carbonyl (C=O) groups is 1. The molecule has 0 aliphatic heterocycles. The fourth-order valence-electron chi connectivity index (χ4n) is 1.54. The number of rotatable bonds is 2. The largest absolute Gasteiger partial charge is 0.476 e. The molecule has 0 radical (unpaired) electrons. The van der Waals surface area contributed by atoms with Gasteiger partial charge in [0, 0.05) is 5.56 Å². The number of aromatic carboxylic acids is 1. The smallest absolute Gasteiger partial charge is 0.356 e. The zero-order valence-corrected chi connectivity index (χ0v) is 12.0. The number of benzene rings is 1. The number of halogens is 4. The molecule has 104 valence electrons. The third kappa shape index (κ3) is 2.46. The molecule has 0 atom stereocenters. The predicted molar refractivity (Wildman–Crippen MR) is 73.7 cm³/mol. The van der Waals surface area contributed by atoms with Crippen LogP contribution < -0.4 is 5.73 Å². The lowest BCUT2D eigenvalue weighted by molar-refractivity contribution is 0.0691. The molecule has 8 heteroatoms. The van der Waals surface area contributed by atoms with E-state index in [2.05, 4.69) is 20.9 Å². The summed E-state index contributed by atoms with van der Waals surface area (Å²) >= 11 is 8.57. The molecule has 0 spiro atoms. The predicted octanol–water partition coefficient (Wildman–Crippen LogP) is 3.72. The summed E-state index contributed by atoms with van der Waals surface area (Å²) in [6.07, 6.45) is 0. The number of hydrogen-bond acceptors (Lipinski definition) is 3. The van der Waals surface area contributed by atoms with Crippen LogP contribution in [-0.2, 0) is 0 Å². The lowest BCUT2D eigenvalue weighted by Crippen LogP contribution is -2.08. The molecule has 2 aromatic rings. The van der Waals surface area contributed by atoms with E-state index in [1.54, 1.807) is 0 Å². The molecule has 1 heterocycles. The van der Waals surface area contributed by atoms with E-state index in [0.29, 0.717) is 0 Å². The monoisotopic (exact) mass is 362 g/mol. The van der Waals surface area contributed by atoms with E-state index in [9.17, 15) is 13.6 Å². The van der Waals surface area contributed by atoms with E-state index in [1.807, 2.05) is 0 Å². The van der Waals surface area contributed by atoms with Crippen molar-refractivity contribution in [2.24, 2.45) is 0 Å². The number of nitrogens with two attached hydrogens (primary N) is 1. The van der Waals surface area contributed by atoms with Gasteiger partial charge in [-0.2, -0.15) is 0 Å². The fraction of sp³-hybridized carbons (Fsp3) is 0. The maximum absolute atomic E-state index is 14.0. The highest BCUT2D eigenvalue weighted by Crippen LogP contribution is 2.33. The van der Waals surface area contributed by atoms with Crippen molar-refractivity contribution in [3.8, 4) is 11.3 Å². The van der Waals surface area contributed by atoms with Crippen molar-refractivity contribution in [3.63, 3.8) is 0 Å². The van der Waals surface area contributed by atoms with Crippen molar-refractivity contribution < 1.29 is 18.7 Å². The zero-order chi connectivity index (χ0) is 15.0. The van der Waals surface area contributed by atoms with Gasteiger partial charge in [0.05, 0.1) is 15.2 Å². The molecule has 1 aromatic heterocycles. The first-order chi connectivity index (χ1) is 9.32. The van der Waals surface area contributed by atoms with E-state index in [4.69, 9.17) is 22.4 Å². The number of pyridine rings is 1. The first kappa shape index (κ1) is 14.7. The first-order valence-corrected chi connectivity index (χ1v) is 6.33. The first-order valence-electron chi connectivity index (χ1n) is 5.16. The second kappa shape index (κ2) is 5.34. The molecular weight excluding hydrogens is 357 g/mol. The van der Waals surface area contributed by atoms with Crippen molar-refractivity contribution in [1.82, 2.24) is 4.98 Å². The summed E-state index contributed by atoms with van der Waals surface area (Å²) < 4.78 is 27.7. The molecule has 1 aromatic carbocycles. The minimum Gasteiger partial charge on any atom is -0.476 e. The number of aromatic nitrogens is 1. The van der Waals surface area contributed by atoms with Gasteiger partial charge in [0.1, 0.15) is 11.5 Å². The van der Waals surface area contributed by atoms with E-state index in [-0.39, 0.29) is 15.7 Å². The average molecular weight is 364 g/mol. The molecule has 20 heavy (non-hydrogen) atoms. The van der Waals surface area contributed by atoms with Crippen LogP contribution in [0.15, 0.2) is 22.7 Å². The van der Waals surface area contributed by atoms with Crippen LogP contribution in [0.4, 0.5) is 14.5 Å². The number of anilines is 1. The summed E-state index contributed by atoms with van der Waals surface area (Å²) in [4.78, 5) is 14.6. The van der Waals surface area contributed by atoms with Crippen LogP contribution in [0, 0.1) is 11.6 Å². The Kier molecular flexibility index (Phi) is 3.92. The lowest BCUT2D eigenvalue weighted by atomic mass is 10.1. The van der Waals surface area contributed by atoms with Crippen molar-refractivity contribution in [2.45, 2.75) is 0 Å². The summed E-state index contributed by atoms with van der Waals surface area (Å²) in [5.74, 6) is -3.10. The number of carboxylic acid groups (broad SMARTS) is 1.